The van der Waals surface area contributed by atoms with E-state index in [1.54, 1.807) is 0 Å². The predicted molar refractivity (Wildman–Crippen MR) is 88.8 cm³/mol. The van der Waals surface area contributed by atoms with Crippen LogP contribution in [0.1, 0.15) is 11.1 Å². The summed E-state index contributed by atoms with van der Waals surface area (Å²) in [7, 11) is -4.18. The molecule has 0 atom stereocenters. The molecule has 0 heterocycles. The van der Waals surface area contributed by atoms with Crippen molar-refractivity contribution in [3.05, 3.63) is 63.7 Å². The van der Waals surface area contributed by atoms with Gasteiger partial charge in [0.15, 0.2) is 0 Å². The third-order valence-electron chi connectivity index (χ3n) is 3.20. The van der Waals surface area contributed by atoms with Gasteiger partial charge in [-0.2, -0.15) is 22.3 Å². The third-order valence-corrected chi connectivity index (χ3v) is 4.42. The molecule has 0 saturated heterocycles. The highest BCUT2D eigenvalue weighted by Gasteiger charge is 2.19. The van der Waals surface area contributed by atoms with E-state index in [1.165, 1.54) is 43.3 Å². The second kappa shape index (κ2) is 7.87. The number of ether oxygens (including phenoxy) is 1. The number of alkyl halides is 2. The Morgan fingerprint density at radius 2 is 1.96 bits per heavy atom. The van der Waals surface area contributed by atoms with Crippen molar-refractivity contribution in [3.63, 3.8) is 0 Å². The molecular formula is C15H13F2N3O5S. The lowest BCUT2D eigenvalue weighted by Crippen LogP contribution is -2.18. The lowest BCUT2D eigenvalue weighted by molar-refractivity contribution is -0.385. The van der Waals surface area contributed by atoms with Crippen LogP contribution < -0.4 is 9.57 Å². The Balaban J connectivity index is 2.22. The average molecular weight is 385 g/mol. The Morgan fingerprint density at radius 1 is 1.27 bits per heavy atom. The summed E-state index contributed by atoms with van der Waals surface area (Å²) in [6.45, 7) is -1.57. The van der Waals surface area contributed by atoms with E-state index in [0.717, 1.165) is 12.3 Å². The first-order chi connectivity index (χ1) is 12.2. The lowest BCUT2D eigenvalue weighted by atomic mass is 10.2. The molecule has 0 spiro atoms. The van der Waals surface area contributed by atoms with Crippen molar-refractivity contribution >= 4 is 21.9 Å². The first-order valence-corrected chi connectivity index (χ1v) is 8.53. The zero-order valence-electron chi connectivity index (χ0n) is 13.3. The minimum absolute atomic E-state index is 0.116. The molecule has 0 aromatic heterocycles. The van der Waals surface area contributed by atoms with E-state index in [9.17, 15) is 27.3 Å². The van der Waals surface area contributed by atoms with E-state index in [1.807, 2.05) is 4.83 Å². The number of nitro benzene ring substituents is 1. The highest BCUT2D eigenvalue weighted by atomic mass is 32.2. The van der Waals surface area contributed by atoms with Crippen molar-refractivity contribution in [2.24, 2.45) is 5.10 Å². The van der Waals surface area contributed by atoms with E-state index >= 15 is 0 Å². The summed E-state index contributed by atoms with van der Waals surface area (Å²) in [5.74, 6) is -0.184. The van der Waals surface area contributed by atoms with Crippen LogP contribution in [0.4, 0.5) is 14.5 Å². The summed E-state index contributed by atoms with van der Waals surface area (Å²) in [5, 5.41) is 14.4. The van der Waals surface area contributed by atoms with Gasteiger partial charge < -0.3 is 4.74 Å². The van der Waals surface area contributed by atoms with Crippen LogP contribution in [0, 0.1) is 17.0 Å². The van der Waals surface area contributed by atoms with Gasteiger partial charge in [0.1, 0.15) is 5.75 Å². The smallest absolute Gasteiger partial charge is 0.387 e. The number of para-hydroxylation sites is 1. The minimum atomic E-state index is -4.18. The van der Waals surface area contributed by atoms with Crippen LogP contribution in [0.5, 0.6) is 5.75 Å². The maximum Gasteiger partial charge on any atom is 0.387 e. The second-order valence-corrected chi connectivity index (χ2v) is 6.64. The fourth-order valence-electron chi connectivity index (χ4n) is 1.96. The van der Waals surface area contributed by atoms with Crippen LogP contribution in [-0.4, -0.2) is 26.2 Å². The highest BCUT2D eigenvalue weighted by molar-refractivity contribution is 7.89. The Morgan fingerprint density at radius 3 is 2.62 bits per heavy atom. The SMILES string of the molecule is Cc1ccc(S(=O)(=O)N/N=C\c2ccccc2OC(F)F)cc1[N+](=O)[O-]. The number of rotatable bonds is 7. The van der Waals surface area contributed by atoms with Crippen molar-refractivity contribution in [2.75, 3.05) is 0 Å². The number of benzene rings is 2. The van der Waals surface area contributed by atoms with Crippen LogP contribution in [0.25, 0.3) is 0 Å². The summed E-state index contributed by atoms with van der Waals surface area (Å²) in [6, 6.07) is 9.04. The number of nitrogens with zero attached hydrogens (tertiary/aromatic N) is 2. The molecule has 0 saturated carbocycles. The number of sulfonamides is 1. The molecular weight excluding hydrogens is 372 g/mol. The van der Waals surface area contributed by atoms with Crippen LogP contribution in [0.2, 0.25) is 0 Å². The number of aryl methyl sites for hydroxylation is 1. The fraction of sp³-hybridized carbons (Fsp3) is 0.133. The van der Waals surface area contributed by atoms with Crippen molar-refractivity contribution in [2.45, 2.75) is 18.4 Å². The van der Waals surface area contributed by atoms with Gasteiger partial charge in [-0.25, -0.2) is 4.83 Å². The molecule has 0 amide bonds. The van der Waals surface area contributed by atoms with Gasteiger partial charge in [-0.05, 0) is 25.1 Å². The van der Waals surface area contributed by atoms with Crippen molar-refractivity contribution in [3.8, 4) is 5.75 Å². The number of hydrogen-bond acceptors (Lipinski definition) is 6. The van der Waals surface area contributed by atoms with E-state index < -0.39 is 21.6 Å². The molecule has 0 radical (unpaired) electrons. The van der Waals surface area contributed by atoms with Gasteiger partial charge in [-0.1, -0.05) is 18.2 Å². The van der Waals surface area contributed by atoms with Crippen molar-refractivity contribution in [1.29, 1.82) is 0 Å². The number of hydrazone groups is 1. The molecule has 0 fully saturated rings. The van der Waals surface area contributed by atoms with Crippen molar-refractivity contribution < 1.29 is 26.9 Å². The van der Waals surface area contributed by atoms with Crippen LogP contribution >= 0.6 is 0 Å². The molecule has 0 bridgehead atoms. The Hall–Kier alpha value is -3.08. The zero-order chi connectivity index (χ0) is 19.3. The Bertz CT molecular complexity index is 948. The number of halogens is 2. The molecule has 138 valence electrons. The summed E-state index contributed by atoms with van der Waals surface area (Å²) < 4.78 is 53.3. The van der Waals surface area contributed by atoms with E-state index in [2.05, 4.69) is 9.84 Å². The molecule has 11 heteroatoms. The summed E-state index contributed by atoms with van der Waals surface area (Å²) in [6.07, 6.45) is 0.984. The molecule has 0 aliphatic rings. The molecule has 1 N–H and O–H groups in total. The number of nitrogens with one attached hydrogen (secondary N) is 1. The van der Waals surface area contributed by atoms with Gasteiger partial charge in [0.2, 0.25) is 0 Å². The summed E-state index contributed by atoms with van der Waals surface area (Å²) >= 11 is 0. The van der Waals surface area contributed by atoms with Gasteiger partial charge in [-0.15, -0.1) is 0 Å². The van der Waals surface area contributed by atoms with Crippen LogP contribution in [0.3, 0.4) is 0 Å². The van der Waals surface area contributed by atoms with Crippen LogP contribution in [-0.2, 0) is 10.0 Å². The number of hydrogen-bond donors (Lipinski definition) is 1. The zero-order valence-corrected chi connectivity index (χ0v) is 14.1. The minimum Gasteiger partial charge on any atom is -0.434 e. The molecule has 0 aliphatic carbocycles. The van der Waals surface area contributed by atoms with Gasteiger partial charge in [-0.3, -0.25) is 10.1 Å². The third kappa shape index (κ3) is 4.72. The Labute approximate surface area is 147 Å². The standard InChI is InChI=1S/C15H13F2N3O5S/c1-10-6-7-12(8-13(10)20(21)22)26(23,24)19-18-9-11-4-2-3-5-14(11)25-15(16)17/h2-9,15,19H,1H3/b18-9-. The van der Waals surface area contributed by atoms with Gasteiger partial charge in [0.05, 0.1) is 16.0 Å². The monoisotopic (exact) mass is 385 g/mol. The highest BCUT2D eigenvalue weighted by Crippen LogP contribution is 2.22. The van der Waals surface area contributed by atoms with Gasteiger partial charge in [0.25, 0.3) is 15.7 Å². The van der Waals surface area contributed by atoms with Gasteiger partial charge >= 0.3 is 6.61 Å². The molecule has 8 nitrogen and oxygen atoms in total. The molecule has 2 aromatic rings. The first-order valence-electron chi connectivity index (χ1n) is 7.04. The van der Waals surface area contributed by atoms with E-state index in [-0.39, 0.29) is 21.9 Å². The number of nitro groups is 1. The molecule has 2 rings (SSSR count). The molecule has 26 heavy (non-hydrogen) atoms. The van der Waals surface area contributed by atoms with Gasteiger partial charge in [0, 0.05) is 17.2 Å². The lowest BCUT2D eigenvalue weighted by Gasteiger charge is -2.07. The first kappa shape index (κ1) is 19.2. The Kier molecular flexibility index (Phi) is 5.82. The summed E-state index contributed by atoms with van der Waals surface area (Å²) in [4.78, 5) is 11.7. The van der Waals surface area contributed by atoms with E-state index in [4.69, 9.17) is 0 Å². The van der Waals surface area contributed by atoms with Crippen molar-refractivity contribution in [1.82, 2.24) is 4.83 Å². The predicted octanol–water partition coefficient (Wildman–Crippen LogP) is 2.82. The normalized spacial score (nSPS) is 11.7. The topological polar surface area (TPSA) is 111 Å². The molecule has 0 aliphatic heterocycles. The van der Waals surface area contributed by atoms with Crippen LogP contribution in [0.15, 0.2) is 52.5 Å². The quantitative estimate of drug-likeness (QED) is 0.448. The maximum absolute atomic E-state index is 12.3. The second-order valence-electron chi connectivity index (χ2n) is 4.97. The summed E-state index contributed by atoms with van der Waals surface area (Å²) in [5.41, 5.74) is 0.0634. The largest absolute Gasteiger partial charge is 0.434 e. The molecule has 2 aromatic carbocycles. The molecule has 0 unspecified atom stereocenters. The average Bonchev–Trinajstić information content (AvgIpc) is 2.55. The fourth-order valence-corrected chi connectivity index (χ4v) is 2.77. The van der Waals surface area contributed by atoms with E-state index in [0.29, 0.717) is 5.56 Å². The maximum atomic E-state index is 12.3.